The lowest BCUT2D eigenvalue weighted by atomic mass is 9.96. The van der Waals surface area contributed by atoms with Gasteiger partial charge < -0.3 is 18.4 Å². The zero-order chi connectivity index (χ0) is 31.5. The van der Waals surface area contributed by atoms with Crippen LogP contribution in [-0.2, 0) is 0 Å². The monoisotopic (exact) mass is 610 g/mol. The summed E-state index contributed by atoms with van der Waals surface area (Å²) in [4.78, 5) is 36.8. The largest absolute Gasteiger partial charge is 0.494 e. The number of unbranched alkanes of at least 4 members (excludes halogenated alkanes) is 4. The van der Waals surface area contributed by atoms with Crippen LogP contribution in [0.5, 0.6) is 5.75 Å². The Balaban J connectivity index is 1.31. The molecule has 0 radical (unpaired) electrons. The highest BCUT2D eigenvalue weighted by Gasteiger charge is 2.37. The summed E-state index contributed by atoms with van der Waals surface area (Å²) < 4.78 is 17.9. The van der Waals surface area contributed by atoms with Crippen molar-refractivity contribution in [1.82, 2.24) is 0 Å². The van der Waals surface area contributed by atoms with Crippen molar-refractivity contribution in [3.05, 3.63) is 100 Å². The molecule has 0 aliphatic heterocycles. The first-order chi connectivity index (χ1) is 21.0. The quantitative estimate of drug-likeness (QED) is 0.0618. The van der Waals surface area contributed by atoms with Crippen molar-refractivity contribution in [2.24, 2.45) is 0 Å². The molecule has 3 aromatic carbocycles. The highest BCUT2D eigenvalue weighted by Crippen LogP contribution is 2.41. The lowest BCUT2D eigenvalue weighted by Gasteiger charge is -2.35. The maximum atomic E-state index is 14.0. The number of hydrogen-bond acceptors (Lipinski definition) is 6. The topological polar surface area (TPSA) is 89.9 Å². The Kier molecular flexibility index (Phi) is 9.28. The average Bonchev–Trinajstić information content (AvgIpc) is 3.38. The van der Waals surface area contributed by atoms with Crippen LogP contribution in [0.1, 0.15) is 74.1 Å². The molecule has 0 aliphatic carbocycles. The molecule has 0 spiro atoms. The smallest absolute Gasteiger partial charge is 0.336 e. The van der Waals surface area contributed by atoms with Gasteiger partial charge in [0.05, 0.1) is 12.0 Å². The van der Waals surface area contributed by atoms with Crippen molar-refractivity contribution in [2.75, 3.05) is 6.61 Å². The molecule has 5 aromatic rings. The zero-order valence-electron chi connectivity index (χ0n) is 26.4. The van der Waals surface area contributed by atoms with E-state index in [2.05, 4.69) is 13.8 Å². The molecule has 0 atom stereocenters. The Morgan fingerprint density at radius 3 is 2.36 bits per heavy atom. The van der Waals surface area contributed by atoms with E-state index >= 15 is 0 Å². The molecule has 230 valence electrons. The van der Waals surface area contributed by atoms with Crippen molar-refractivity contribution in [2.45, 2.75) is 77.4 Å². The maximum absolute atomic E-state index is 14.0. The predicted octanol–water partition coefficient (Wildman–Crippen LogP) is 9.44. The van der Waals surface area contributed by atoms with Crippen LogP contribution in [0.15, 0.2) is 86.4 Å². The highest BCUT2D eigenvalue weighted by atomic mass is 28.4. The van der Waals surface area contributed by atoms with E-state index in [1.54, 1.807) is 12.1 Å². The number of aryl methyl sites for hydroxylation is 1. The van der Waals surface area contributed by atoms with Crippen molar-refractivity contribution in [3.8, 4) is 16.9 Å². The van der Waals surface area contributed by atoms with Gasteiger partial charge in [-0.25, -0.2) is 4.79 Å². The first-order valence-electron chi connectivity index (χ1n) is 15.5. The number of fused-ring (bicyclic) bond motifs is 3. The van der Waals surface area contributed by atoms with Gasteiger partial charge in [0.15, 0.2) is 14.1 Å². The Hall–Kier alpha value is -3.94. The van der Waals surface area contributed by atoms with E-state index in [4.69, 9.17) is 13.6 Å². The molecular formula is C37H42O6Si. The van der Waals surface area contributed by atoms with Gasteiger partial charge in [-0.15, -0.1) is 0 Å². The van der Waals surface area contributed by atoms with Crippen molar-refractivity contribution < 1.29 is 23.2 Å². The number of ketones is 1. The highest BCUT2D eigenvalue weighted by molar-refractivity contribution is 6.72. The molecule has 1 N–H and O–H groups in total. The van der Waals surface area contributed by atoms with Gasteiger partial charge in [-0.3, -0.25) is 4.79 Å². The molecular weight excluding hydrogens is 568 g/mol. The van der Waals surface area contributed by atoms with E-state index in [1.165, 1.54) is 6.07 Å². The lowest BCUT2D eigenvalue weighted by molar-refractivity contribution is 0.101. The second kappa shape index (κ2) is 13.0. The van der Waals surface area contributed by atoms with E-state index in [0.717, 1.165) is 55.0 Å². The van der Waals surface area contributed by atoms with Crippen molar-refractivity contribution in [3.63, 3.8) is 0 Å². The summed E-state index contributed by atoms with van der Waals surface area (Å²) in [5.41, 5.74) is 3.09. The molecule has 0 amide bonds. The van der Waals surface area contributed by atoms with E-state index < -0.39 is 13.9 Å². The minimum Gasteiger partial charge on any atom is -0.494 e. The Morgan fingerprint density at radius 1 is 0.886 bits per heavy atom. The third-order valence-corrected chi connectivity index (χ3v) is 12.6. The molecule has 2 aromatic heterocycles. The molecule has 0 aliphatic rings. The minimum absolute atomic E-state index is 0.0331. The summed E-state index contributed by atoms with van der Waals surface area (Å²) in [5, 5.41) is 1.44. The first-order valence-corrected chi connectivity index (χ1v) is 18.5. The molecule has 0 saturated carbocycles. The lowest BCUT2D eigenvalue weighted by Crippen LogP contribution is -2.38. The van der Waals surface area contributed by atoms with Gasteiger partial charge in [-0.2, -0.15) is 0 Å². The number of hydrogen-bond donors (Lipinski definition) is 1. The van der Waals surface area contributed by atoms with Gasteiger partial charge in [-0.1, -0.05) is 82.0 Å². The first kappa shape index (κ1) is 31.5. The average molecular weight is 611 g/mol. The van der Waals surface area contributed by atoms with Crippen LogP contribution in [0.3, 0.4) is 0 Å². The van der Waals surface area contributed by atoms with Gasteiger partial charge >= 0.3 is 5.63 Å². The van der Waals surface area contributed by atoms with Gasteiger partial charge in [0.2, 0.25) is 5.78 Å². The van der Waals surface area contributed by atoms with Crippen LogP contribution < -0.4 is 10.4 Å². The summed E-state index contributed by atoms with van der Waals surface area (Å²) in [6, 6.07) is 21.9. The fourth-order valence-corrected chi connectivity index (χ4v) is 6.34. The molecule has 5 rings (SSSR count). The third kappa shape index (κ3) is 6.74. The van der Waals surface area contributed by atoms with Crippen LogP contribution in [0, 0.1) is 6.92 Å². The van der Waals surface area contributed by atoms with Crippen molar-refractivity contribution in [1.29, 1.82) is 0 Å². The van der Waals surface area contributed by atoms with Crippen LogP contribution in [0.2, 0.25) is 18.1 Å². The second-order valence-electron chi connectivity index (χ2n) is 12.9. The fourth-order valence-electron chi connectivity index (χ4n) is 5.56. The Bertz CT molecular complexity index is 1820. The minimum atomic E-state index is -2.15. The number of rotatable bonds is 13. The van der Waals surface area contributed by atoms with Crippen LogP contribution in [-0.4, -0.2) is 25.5 Å². The second-order valence-corrected chi connectivity index (χ2v) is 17.4. The summed E-state index contributed by atoms with van der Waals surface area (Å²) in [6.07, 6.45) is 6.47. The van der Waals surface area contributed by atoms with Crippen LogP contribution in [0.25, 0.3) is 33.1 Å². The Morgan fingerprint density at radius 2 is 1.61 bits per heavy atom. The molecule has 6 nitrogen and oxygen atoms in total. The van der Waals surface area contributed by atoms with E-state index in [-0.39, 0.29) is 16.6 Å². The zero-order valence-corrected chi connectivity index (χ0v) is 27.4. The Labute approximate surface area is 259 Å². The summed E-state index contributed by atoms with van der Waals surface area (Å²) in [7, 11) is -2.15. The number of furan rings is 1. The molecule has 0 unspecified atom stereocenters. The normalized spacial score (nSPS) is 12.2. The predicted molar refractivity (Wildman–Crippen MR) is 179 cm³/mol. The summed E-state index contributed by atoms with van der Waals surface area (Å²) in [5.74, 6) is 0.554. The van der Waals surface area contributed by atoms with Gasteiger partial charge in [0.1, 0.15) is 16.9 Å². The fraction of sp³-hybridized carbons (Fsp3) is 0.351. The number of carbonyl (C=O) groups is 1. The molecule has 0 saturated heterocycles. The standard InChI is InChI=1S/C37H42O6Si/c1-25-23-31(38)43-35-29(25)19-20-30-33(35)32(26-15-10-9-11-16-26)36(42-30)34(39)27-17-14-18-28(24-27)41-22-13-8-6-7-12-21-37(2,3)44(4,5)40/h9-11,14-20,23-24,40H,6-8,12-13,21-22H2,1-5H3. The van der Waals surface area contributed by atoms with Gasteiger partial charge in [-0.05, 0) is 73.3 Å². The van der Waals surface area contributed by atoms with Crippen LogP contribution in [0.4, 0.5) is 0 Å². The number of benzene rings is 3. The maximum Gasteiger partial charge on any atom is 0.336 e. The summed E-state index contributed by atoms with van der Waals surface area (Å²) in [6.45, 7) is 10.9. The van der Waals surface area contributed by atoms with Gasteiger partial charge in [0, 0.05) is 22.6 Å². The molecule has 2 heterocycles. The molecule has 44 heavy (non-hydrogen) atoms. The molecule has 0 fully saturated rings. The number of ether oxygens (including phenoxy) is 1. The molecule has 7 heteroatoms. The third-order valence-electron chi connectivity index (χ3n) is 9.01. The van der Waals surface area contributed by atoms with E-state index in [9.17, 15) is 14.4 Å². The van der Waals surface area contributed by atoms with Crippen LogP contribution >= 0.6 is 0 Å². The SMILES string of the molecule is Cc1cc(=O)oc2c1ccc1oc(C(=O)c3cccc(OCCCCCCCC(C)(C)[Si](C)(C)O)c3)c(-c3ccccc3)c12. The van der Waals surface area contributed by atoms with Crippen molar-refractivity contribution >= 4 is 36.0 Å². The summed E-state index contributed by atoms with van der Waals surface area (Å²) >= 11 is 0. The van der Waals surface area contributed by atoms with Gasteiger partial charge in [0.25, 0.3) is 0 Å². The molecule has 0 bridgehead atoms. The van der Waals surface area contributed by atoms with E-state index in [0.29, 0.717) is 40.0 Å². The van der Waals surface area contributed by atoms with E-state index in [1.807, 2.05) is 74.6 Å². The number of carbonyl (C=O) groups excluding carboxylic acids is 1.